The summed E-state index contributed by atoms with van der Waals surface area (Å²) in [6, 6.07) is 6.49. The number of hydrogen-bond donors (Lipinski definition) is 4. The molecule has 0 saturated carbocycles. The highest BCUT2D eigenvalue weighted by Crippen LogP contribution is 2.25. The Kier molecular flexibility index (Phi) is 2.55. The van der Waals surface area contributed by atoms with E-state index >= 15 is 0 Å². The molecule has 1 aromatic carbocycles. The highest BCUT2D eigenvalue weighted by Gasteiger charge is 2.29. The van der Waals surface area contributed by atoms with Gasteiger partial charge in [0.25, 0.3) is 0 Å². The topological polar surface area (TPSA) is 92.5 Å². The molecular weight excluding hydrogens is 204 g/mol. The lowest BCUT2D eigenvalue weighted by Crippen LogP contribution is -2.46. The number of nitrogen functional groups attached to an aromatic ring is 1. The molecule has 4 heteroatoms. The Labute approximate surface area is 93.5 Å². The molecule has 1 aliphatic carbocycles. The minimum atomic E-state index is -1.97. The van der Waals surface area contributed by atoms with Gasteiger partial charge < -0.3 is 21.7 Å². The van der Waals surface area contributed by atoms with Crippen molar-refractivity contribution in [3.63, 3.8) is 0 Å². The first-order valence-electron chi connectivity index (χ1n) is 4.96. The first-order chi connectivity index (χ1) is 7.49. The van der Waals surface area contributed by atoms with E-state index in [1.165, 1.54) is 6.08 Å². The van der Waals surface area contributed by atoms with Gasteiger partial charge in [-0.05, 0) is 29.3 Å². The Balaban J connectivity index is 2.35. The largest absolute Gasteiger partial charge is 0.399 e. The molecule has 0 bridgehead atoms. The predicted molar refractivity (Wildman–Crippen MR) is 63.1 cm³/mol. The Hall–Kier alpha value is -1.62. The average Bonchev–Trinajstić information content (AvgIpc) is 2.22. The lowest BCUT2D eigenvalue weighted by Gasteiger charge is -2.26. The number of rotatable bonds is 1. The van der Waals surface area contributed by atoms with E-state index in [9.17, 15) is 10.2 Å². The summed E-state index contributed by atoms with van der Waals surface area (Å²) in [5, 5.41) is 18.9. The van der Waals surface area contributed by atoms with Gasteiger partial charge in [-0.3, -0.25) is 0 Å². The average molecular weight is 218 g/mol. The van der Waals surface area contributed by atoms with Gasteiger partial charge in [-0.2, -0.15) is 0 Å². The molecule has 2 rings (SSSR count). The van der Waals surface area contributed by atoms with Gasteiger partial charge in [-0.15, -0.1) is 0 Å². The van der Waals surface area contributed by atoms with Crippen molar-refractivity contribution < 1.29 is 10.2 Å². The van der Waals surface area contributed by atoms with Crippen molar-refractivity contribution in [3.8, 4) is 0 Å². The summed E-state index contributed by atoms with van der Waals surface area (Å²) < 4.78 is 0. The summed E-state index contributed by atoms with van der Waals surface area (Å²) in [6.45, 7) is 0. The van der Waals surface area contributed by atoms with Gasteiger partial charge >= 0.3 is 0 Å². The second-order valence-electron chi connectivity index (χ2n) is 3.89. The smallest absolute Gasteiger partial charge is 0.202 e. The summed E-state index contributed by atoms with van der Waals surface area (Å²) in [5.74, 6) is -1.97. The normalized spacial score (nSPS) is 22.9. The Morgan fingerprint density at radius 2 is 2.00 bits per heavy atom. The van der Waals surface area contributed by atoms with E-state index in [2.05, 4.69) is 0 Å². The van der Waals surface area contributed by atoms with Crippen LogP contribution in [0.3, 0.4) is 0 Å². The maximum Gasteiger partial charge on any atom is 0.202 e. The fraction of sp³-hybridized carbons (Fsp3) is 0.167. The molecule has 0 saturated heterocycles. The van der Waals surface area contributed by atoms with Crippen LogP contribution in [0.5, 0.6) is 0 Å². The fourth-order valence-corrected chi connectivity index (χ4v) is 1.61. The van der Waals surface area contributed by atoms with Crippen LogP contribution >= 0.6 is 0 Å². The third-order valence-electron chi connectivity index (χ3n) is 2.58. The molecule has 6 N–H and O–H groups in total. The molecule has 0 fully saturated rings. The second kappa shape index (κ2) is 3.75. The molecule has 0 spiro atoms. The number of allylic oxidation sites excluding steroid dienone is 2. The second-order valence-corrected chi connectivity index (χ2v) is 3.89. The molecule has 16 heavy (non-hydrogen) atoms. The van der Waals surface area contributed by atoms with Crippen LogP contribution in [-0.2, 0) is 0 Å². The Bertz CT molecular complexity index is 464. The molecule has 0 aliphatic heterocycles. The summed E-state index contributed by atoms with van der Waals surface area (Å²) in [7, 11) is 0. The predicted octanol–water partition coefficient (Wildman–Crippen LogP) is 0.230. The third-order valence-corrected chi connectivity index (χ3v) is 2.58. The molecule has 0 heterocycles. The van der Waals surface area contributed by atoms with Crippen LogP contribution in [0.1, 0.15) is 5.56 Å². The van der Waals surface area contributed by atoms with Crippen LogP contribution in [-0.4, -0.2) is 22.0 Å². The zero-order chi connectivity index (χ0) is 11.8. The molecule has 1 aromatic rings. The quantitative estimate of drug-likeness (QED) is 0.401. The number of anilines is 1. The van der Waals surface area contributed by atoms with Crippen LogP contribution < -0.4 is 11.5 Å². The van der Waals surface area contributed by atoms with Crippen LogP contribution in [0.4, 0.5) is 5.69 Å². The van der Waals surface area contributed by atoms with Gasteiger partial charge in [0.1, 0.15) is 0 Å². The number of benzene rings is 1. The highest BCUT2D eigenvalue weighted by molar-refractivity contribution is 5.77. The molecule has 1 aliphatic rings. The van der Waals surface area contributed by atoms with Crippen molar-refractivity contribution in [3.05, 3.63) is 48.1 Å². The van der Waals surface area contributed by atoms with Gasteiger partial charge in [-0.1, -0.05) is 24.3 Å². The summed E-state index contributed by atoms with van der Waals surface area (Å²) in [6.07, 6.45) is 4.50. The standard InChI is InChI=1S/C12H14N2O2/c13-10-3-1-2-8(6-10)9-4-5-12(15,16)11(14)7-9/h1-7,11,15-16H,13-14H2. The lowest BCUT2D eigenvalue weighted by atomic mass is 9.93. The van der Waals surface area contributed by atoms with Crippen LogP contribution in [0.25, 0.3) is 5.57 Å². The number of aliphatic hydroxyl groups is 2. The van der Waals surface area contributed by atoms with Crippen LogP contribution in [0.15, 0.2) is 42.5 Å². The van der Waals surface area contributed by atoms with Crippen molar-refractivity contribution in [2.45, 2.75) is 11.8 Å². The zero-order valence-electron chi connectivity index (χ0n) is 8.67. The van der Waals surface area contributed by atoms with E-state index in [0.29, 0.717) is 5.69 Å². The van der Waals surface area contributed by atoms with Gasteiger partial charge in [0, 0.05) is 5.69 Å². The van der Waals surface area contributed by atoms with E-state index in [0.717, 1.165) is 11.1 Å². The maximum atomic E-state index is 9.44. The Morgan fingerprint density at radius 3 is 2.62 bits per heavy atom. The molecule has 0 aromatic heterocycles. The summed E-state index contributed by atoms with van der Waals surface area (Å²) >= 11 is 0. The minimum Gasteiger partial charge on any atom is -0.399 e. The van der Waals surface area contributed by atoms with Gasteiger partial charge in [0.15, 0.2) is 0 Å². The van der Waals surface area contributed by atoms with E-state index in [-0.39, 0.29) is 0 Å². The maximum absolute atomic E-state index is 9.44. The number of hydrogen-bond acceptors (Lipinski definition) is 4. The lowest BCUT2D eigenvalue weighted by molar-refractivity contribution is -0.125. The van der Waals surface area contributed by atoms with Gasteiger partial charge in [0.05, 0.1) is 6.04 Å². The number of nitrogens with two attached hydrogens (primary N) is 2. The molecule has 4 nitrogen and oxygen atoms in total. The first kappa shape index (κ1) is 10.9. The first-order valence-corrected chi connectivity index (χ1v) is 4.96. The molecule has 1 unspecified atom stereocenters. The SMILES string of the molecule is Nc1cccc(C2=CC(N)C(O)(O)C=C2)c1. The van der Waals surface area contributed by atoms with Gasteiger partial charge in [-0.25, -0.2) is 0 Å². The summed E-state index contributed by atoms with van der Waals surface area (Å²) in [5.41, 5.74) is 13.7. The van der Waals surface area contributed by atoms with Crippen molar-refractivity contribution in [1.29, 1.82) is 0 Å². The zero-order valence-corrected chi connectivity index (χ0v) is 8.67. The summed E-state index contributed by atoms with van der Waals surface area (Å²) in [4.78, 5) is 0. The van der Waals surface area contributed by atoms with Crippen molar-refractivity contribution >= 4 is 11.3 Å². The van der Waals surface area contributed by atoms with Crippen LogP contribution in [0.2, 0.25) is 0 Å². The monoisotopic (exact) mass is 218 g/mol. The molecule has 84 valence electrons. The molecule has 0 amide bonds. The van der Waals surface area contributed by atoms with Gasteiger partial charge in [0.2, 0.25) is 5.79 Å². The molecular formula is C12H14N2O2. The fourth-order valence-electron chi connectivity index (χ4n) is 1.61. The van der Waals surface area contributed by atoms with Crippen molar-refractivity contribution in [2.24, 2.45) is 5.73 Å². The van der Waals surface area contributed by atoms with E-state index in [1.807, 2.05) is 18.2 Å². The van der Waals surface area contributed by atoms with E-state index in [1.54, 1.807) is 18.2 Å². The van der Waals surface area contributed by atoms with E-state index in [4.69, 9.17) is 11.5 Å². The minimum absolute atomic E-state index is 0.658. The molecule has 0 radical (unpaired) electrons. The Morgan fingerprint density at radius 1 is 1.25 bits per heavy atom. The van der Waals surface area contributed by atoms with Crippen molar-refractivity contribution in [2.75, 3.05) is 5.73 Å². The van der Waals surface area contributed by atoms with Crippen molar-refractivity contribution in [1.82, 2.24) is 0 Å². The molecule has 1 atom stereocenters. The highest BCUT2D eigenvalue weighted by atomic mass is 16.5. The third kappa shape index (κ3) is 1.99. The van der Waals surface area contributed by atoms with Crippen LogP contribution in [0, 0.1) is 0 Å². The van der Waals surface area contributed by atoms with E-state index < -0.39 is 11.8 Å².